The summed E-state index contributed by atoms with van der Waals surface area (Å²) >= 11 is 0. The molecule has 0 unspecified atom stereocenters. The summed E-state index contributed by atoms with van der Waals surface area (Å²) in [5, 5.41) is 9.92. The second kappa shape index (κ2) is 9.71. The predicted octanol–water partition coefficient (Wildman–Crippen LogP) is 7.60. The molecule has 0 aliphatic heterocycles. The number of carbonyl (C=O) groups is 1. The van der Waals surface area contributed by atoms with Crippen LogP contribution in [0.1, 0.15) is 11.3 Å². The number of H-pyrrole nitrogens is 1. The first kappa shape index (κ1) is 23.7. The van der Waals surface area contributed by atoms with Crippen molar-refractivity contribution in [1.82, 2.24) is 15.3 Å². The summed E-state index contributed by atoms with van der Waals surface area (Å²) < 4.78 is 0. The lowest BCUT2D eigenvalue weighted by molar-refractivity contribution is -0.116. The SMILES string of the molecule is Nc1ccc(/C=C/C(=O)NCc2cc3c([nH]c4ccccc43)c(-c3cc4ccccc4c4ccccc34)n2)cc1. The highest BCUT2D eigenvalue weighted by molar-refractivity contribution is 6.18. The Hall–Kier alpha value is -5.42. The van der Waals surface area contributed by atoms with Crippen LogP contribution in [0.5, 0.6) is 0 Å². The number of hydrogen-bond acceptors (Lipinski definition) is 3. The number of aromatic nitrogens is 2. The zero-order chi connectivity index (χ0) is 27.1. The van der Waals surface area contributed by atoms with Gasteiger partial charge in [0.2, 0.25) is 5.91 Å². The van der Waals surface area contributed by atoms with Crippen LogP contribution in [0.2, 0.25) is 0 Å². The van der Waals surface area contributed by atoms with Gasteiger partial charge in [0.1, 0.15) is 0 Å². The summed E-state index contributed by atoms with van der Waals surface area (Å²) in [5.74, 6) is -0.185. The molecule has 5 aromatic carbocycles. The number of fused-ring (bicyclic) bond motifs is 6. The molecule has 2 aromatic heterocycles. The van der Waals surface area contributed by atoms with Gasteiger partial charge in [-0.2, -0.15) is 0 Å². The summed E-state index contributed by atoms with van der Waals surface area (Å²) in [5.41, 5.74) is 12.1. The van der Waals surface area contributed by atoms with Crippen LogP contribution in [-0.2, 0) is 11.3 Å². The van der Waals surface area contributed by atoms with Crippen LogP contribution in [0, 0.1) is 0 Å². The van der Waals surface area contributed by atoms with E-state index in [2.05, 4.69) is 83.1 Å². The van der Waals surface area contributed by atoms with Gasteiger partial charge < -0.3 is 16.0 Å². The van der Waals surface area contributed by atoms with E-state index < -0.39 is 0 Å². The molecule has 5 nitrogen and oxygen atoms in total. The van der Waals surface area contributed by atoms with Gasteiger partial charge in [-0.15, -0.1) is 0 Å². The molecule has 0 saturated heterocycles. The Kier molecular flexibility index (Phi) is 5.75. The number of pyridine rings is 1. The predicted molar refractivity (Wildman–Crippen MR) is 166 cm³/mol. The quantitative estimate of drug-likeness (QED) is 0.125. The largest absolute Gasteiger partial charge is 0.399 e. The number of amides is 1. The number of hydrogen-bond donors (Lipinski definition) is 3. The van der Waals surface area contributed by atoms with Gasteiger partial charge in [0.15, 0.2) is 0 Å². The average molecular weight is 519 g/mol. The highest BCUT2D eigenvalue weighted by Gasteiger charge is 2.17. The number of nitrogen functional groups attached to an aromatic ring is 1. The van der Waals surface area contributed by atoms with Crippen molar-refractivity contribution in [3.8, 4) is 11.3 Å². The first-order valence-corrected chi connectivity index (χ1v) is 13.3. The van der Waals surface area contributed by atoms with Crippen molar-refractivity contribution in [2.24, 2.45) is 0 Å². The molecule has 0 aliphatic carbocycles. The molecule has 5 heteroatoms. The highest BCUT2D eigenvalue weighted by atomic mass is 16.1. The highest BCUT2D eigenvalue weighted by Crippen LogP contribution is 2.38. The van der Waals surface area contributed by atoms with Gasteiger partial charge in [-0.25, -0.2) is 4.98 Å². The number of nitrogens with zero attached hydrogens (tertiary/aromatic N) is 1. The Morgan fingerprint density at radius 3 is 2.30 bits per heavy atom. The number of rotatable bonds is 5. The molecular weight excluding hydrogens is 492 g/mol. The molecular formula is C35H26N4O. The van der Waals surface area contributed by atoms with Crippen molar-refractivity contribution < 1.29 is 4.79 Å². The Balaban J connectivity index is 1.34. The van der Waals surface area contributed by atoms with Crippen molar-refractivity contribution in [1.29, 1.82) is 0 Å². The minimum absolute atomic E-state index is 0.185. The van der Waals surface area contributed by atoms with Gasteiger partial charge in [0.25, 0.3) is 0 Å². The molecule has 7 rings (SSSR count). The van der Waals surface area contributed by atoms with Crippen LogP contribution >= 0.6 is 0 Å². The average Bonchev–Trinajstić information content (AvgIpc) is 3.38. The number of benzene rings is 5. The van der Waals surface area contributed by atoms with Crippen LogP contribution in [0.3, 0.4) is 0 Å². The molecule has 0 fully saturated rings. The maximum absolute atomic E-state index is 12.7. The number of carbonyl (C=O) groups excluding carboxylic acids is 1. The smallest absolute Gasteiger partial charge is 0.244 e. The number of nitrogens with two attached hydrogens (primary N) is 1. The monoisotopic (exact) mass is 518 g/mol. The summed E-state index contributed by atoms with van der Waals surface area (Å²) in [6.45, 7) is 0.304. The molecule has 192 valence electrons. The van der Waals surface area contributed by atoms with Gasteiger partial charge in [0.05, 0.1) is 23.4 Å². The van der Waals surface area contributed by atoms with Crippen LogP contribution < -0.4 is 11.1 Å². The van der Waals surface area contributed by atoms with Gasteiger partial charge in [-0.1, -0.05) is 78.9 Å². The fraction of sp³-hybridized carbons (Fsp3) is 0.0286. The van der Waals surface area contributed by atoms with E-state index in [4.69, 9.17) is 10.7 Å². The number of anilines is 1. The first-order valence-electron chi connectivity index (χ1n) is 13.3. The lowest BCUT2D eigenvalue weighted by atomic mass is 9.94. The van der Waals surface area contributed by atoms with Crippen LogP contribution in [0.15, 0.2) is 115 Å². The van der Waals surface area contributed by atoms with E-state index in [0.29, 0.717) is 12.2 Å². The molecule has 0 bridgehead atoms. The zero-order valence-corrected chi connectivity index (χ0v) is 21.7. The van der Waals surface area contributed by atoms with Gasteiger partial charge in [-0.05, 0) is 63.5 Å². The topological polar surface area (TPSA) is 83.8 Å². The lowest BCUT2D eigenvalue weighted by Crippen LogP contribution is -2.21. The molecule has 1 amide bonds. The molecule has 40 heavy (non-hydrogen) atoms. The summed E-state index contributed by atoms with van der Waals surface area (Å²) in [7, 11) is 0. The minimum atomic E-state index is -0.185. The number of aromatic amines is 1. The Labute approximate surface area is 231 Å². The Morgan fingerprint density at radius 2 is 1.48 bits per heavy atom. The van der Waals surface area contributed by atoms with Crippen molar-refractivity contribution in [2.75, 3.05) is 5.73 Å². The Morgan fingerprint density at radius 1 is 0.775 bits per heavy atom. The second-order valence-electron chi connectivity index (χ2n) is 9.96. The summed E-state index contributed by atoms with van der Waals surface area (Å²) in [6.07, 6.45) is 3.31. The third-order valence-corrected chi connectivity index (χ3v) is 7.38. The third kappa shape index (κ3) is 4.24. The minimum Gasteiger partial charge on any atom is -0.399 e. The van der Waals surface area contributed by atoms with E-state index >= 15 is 0 Å². The third-order valence-electron chi connectivity index (χ3n) is 7.38. The van der Waals surface area contributed by atoms with Gasteiger partial charge >= 0.3 is 0 Å². The molecule has 4 N–H and O–H groups in total. The van der Waals surface area contributed by atoms with Crippen LogP contribution in [0.25, 0.3) is 60.7 Å². The molecule has 2 heterocycles. The second-order valence-corrected chi connectivity index (χ2v) is 9.96. The first-order chi connectivity index (χ1) is 19.6. The van der Waals surface area contributed by atoms with Crippen LogP contribution in [-0.4, -0.2) is 15.9 Å². The van der Waals surface area contributed by atoms with Crippen molar-refractivity contribution >= 4 is 61.0 Å². The number of para-hydroxylation sites is 1. The van der Waals surface area contributed by atoms with E-state index in [1.807, 2.05) is 36.4 Å². The Bertz CT molecular complexity index is 2090. The molecule has 0 radical (unpaired) electrons. The van der Waals surface area contributed by atoms with Crippen molar-refractivity contribution in [3.05, 3.63) is 127 Å². The van der Waals surface area contributed by atoms with Gasteiger partial charge in [0, 0.05) is 33.6 Å². The fourth-order valence-corrected chi connectivity index (χ4v) is 5.45. The zero-order valence-electron chi connectivity index (χ0n) is 21.7. The molecule has 0 atom stereocenters. The molecule has 0 aliphatic rings. The maximum Gasteiger partial charge on any atom is 0.244 e. The van der Waals surface area contributed by atoms with Crippen molar-refractivity contribution in [3.63, 3.8) is 0 Å². The summed E-state index contributed by atoms with van der Waals surface area (Å²) in [6, 6.07) is 36.9. The van der Waals surface area contributed by atoms with Gasteiger partial charge in [-0.3, -0.25) is 4.79 Å². The van der Waals surface area contributed by atoms with E-state index in [9.17, 15) is 4.79 Å². The molecule has 7 aromatic rings. The fourth-order valence-electron chi connectivity index (χ4n) is 5.45. The summed E-state index contributed by atoms with van der Waals surface area (Å²) in [4.78, 5) is 21.5. The van der Waals surface area contributed by atoms with E-state index in [-0.39, 0.29) is 5.91 Å². The molecule has 0 spiro atoms. The number of nitrogens with one attached hydrogen (secondary N) is 2. The van der Waals surface area contributed by atoms with Crippen LogP contribution in [0.4, 0.5) is 5.69 Å². The molecule has 0 saturated carbocycles. The van der Waals surface area contributed by atoms with E-state index in [0.717, 1.165) is 55.1 Å². The van der Waals surface area contributed by atoms with Crippen molar-refractivity contribution in [2.45, 2.75) is 6.54 Å². The normalized spacial score (nSPS) is 11.7. The maximum atomic E-state index is 12.7. The lowest BCUT2D eigenvalue weighted by Gasteiger charge is -2.13. The van der Waals surface area contributed by atoms with E-state index in [1.165, 1.54) is 16.8 Å². The standard InChI is InChI=1S/C35H26N4O/c36-24-16-13-22(14-17-24)15-18-33(40)37-21-25-20-31-29-11-5-6-12-32(29)39-35(31)34(38-25)30-19-23-7-1-2-8-26(23)27-9-3-4-10-28(27)30/h1-20,39H,21,36H2,(H,37,40)/b18-15+. The van der Waals surface area contributed by atoms with E-state index in [1.54, 1.807) is 6.08 Å².